The minimum atomic E-state index is -4.35. The Kier molecular flexibility index (Phi) is 3.99. The zero-order valence-corrected chi connectivity index (χ0v) is 12.4. The molecule has 0 unspecified atom stereocenters. The maximum atomic E-state index is 13.0. The Hall–Kier alpha value is -1.97. The molecule has 0 N–H and O–H groups in total. The molecule has 0 aliphatic carbocycles. The molecule has 0 aliphatic rings. The van der Waals surface area contributed by atoms with E-state index in [1.807, 2.05) is 26.0 Å². The quantitative estimate of drug-likeness (QED) is 0.729. The first-order valence-electron chi connectivity index (χ1n) is 6.57. The van der Waals surface area contributed by atoms with Gasteiger partial charge in [0, 0.05) is 0 Å². The van der Waals surface area contributed by atoms with Crippen molar-refractivity contribution in [3.8, 4) is 16.9 Å². The summed E-state index contributed by atoms with van der Waals surface area (Å²) in [7, 11) is 1.55. The van der Waals surface area contributed by atoms with Gasteiger partial charge in [0.2, 0.25) is 0 Å². The molecule has 0 aliphatic heterocycles. The van der Waals surface area contributed by atoms with Crippen LogP contribution in [-0.4, -0.2) is 7.11 Å². The second kappa shape index (κ2) is 5.43. The summed E-state index contributed by atoms with van der Waals surface area (Å²) in [5.41, 5.74) is 3.09. The monoisotopic (exact) mass is 294 g/mol. The Morgan fingerprint density at radius 1 is 0.952 bits per heavy atom. The summed E-state index contributed by atoms with van der Waals surface area (Å²) in [4.78, 5) is 0. The summed E-state index contributed by atoms with van der Waals surface area (Å²) < 4.78 is 44.2. The summed E-state index contributed by atoms with van der Waals surface area (Å²) in [6.07, 6.45) is -4.35. The van der Waals surface area contributed by atoms with Gasteiger partial charge in [0.05, 0.1) is 12.7 Å². The summed E-state index contributed by atoms with van der Waals surface area (Å²) in [6.45, 7) is 5.41. The molecule has 4 heteroatoms. The highest BCUT2D eigenvalue weighted by molar-refractivity contribution is 5.74. The molecule has 0 saturated heterocycles. The van der Waals surface area contributed by atoms with Crippen LogP contribution in [0.5, 0.6) is 5.75 Å². The maximum Gasteiger partial charge on any atom is 0.416 e. The van der Waals surface area contributed by atoms with Crippen molar-refractivity contribution < 1.29 is 17.9 Å². The van der Waals surface area contributed by atoms with Crippen LogP contribution < -0.4 is 4.74 Å². The SMILES string of the molecule is COc1ccc(C)c(-c2cc(C)cc(C(F)(F)F)c2)c1C. The van der Waals surface area contributed by atoms with Crippen LogP contribution in [0.2, 0.25) is 0 Å². The third kappa shape index (κ3) is 3.04. The van der Waals surface area contributed by atoms with Gasteiger partial charge >= 0.3 is 6.18 Å². The third-order valence-electron chi connectivity index (χ3n) is 3.54. The fraction of sp³-hybridized carbons (Fsp3) is 0.294. The van der Waals surface area contributed by atoms with Crippen molar-refractivity contribution in [2.75, 3.05) is 7.11 Å². The first-order valence-corrected chi connectivity index (χ1v) is 6.57. The minimum absolute atomic E-state index is 0.566. The van der Waals surface area contributed by atoms with E-state index in [0.717, 1.165) is 22.8 Å². The lowest BCUT2D eigenvalue weighted by molar-refractivity contribution is -0.137. The van der Waals surface area contributed by atoms with Crippen molar-refractivity contribution in [2.24, 2.45) is 0 Å². The zero-order chi connectivity index (χ0) is 15.8. The van der Waals surface area contributed by atoms with Crippen molar-refractivity contribution >= 4 is 0 Å². The van der Waals surface area contributed by atoms with E-state index in [-0.39, 0.29) is 0 Å². The first-order chi connectivity index (χ1) is 9.74. The van der Waals surface area contributed by atoms with E-state index in [2.05, 4.69) is 0 Å². The molecule has 0 atom stereocenters. The van der Waals surface area contributed by atoms with Gasteiger partial charge in [0.25, 0.3) is 0 Å². The Morgan fingerprint density at radius 3 is 2.19 bits per heavy atom. The number of alkyl halides is 3. The van der Waals surface area contributed by atoms with E-state index in [9.17, 15) is 13.2 Å². The molecule has 0 bridgehead atoms. The lowest BCUT2D eigenvalue weighted by Gasteiger charge is -2.16. The Balaban J connectivity index is 2.70. The molecule has 0 spiro atoms. The van der Waals surface area contributed by atoms with Gasteiger partial charge in [-0.25, -0.2) is 0 Å². The Labute approximate surface area is 122 Å². The molecule has 21 heavy (non-hydrogen) atoms. The molecule has 112 valence electrons. The molecule has 0 amide bonds. The third-order valence-corrected chi connectivity index (χ3v) is 3.54. The van der Waals surface area contributed by atoms with Gasteiger partial charge in [-0.2, -0.15) is 13.2 Å². The van der Waals surface area contributed by atoms with Crippen molar-refractivity contribution in [1.82, 2.24) is 0 Å². The lowest BCUT2D eigenvalue weighted by Crippen LogP contribution is -2.06. The molecule has 0 aromatic heterocycles. The van der Waals surface area contributed by atoms with Gasteiger partial charge in [-0.05, 0) is 66.8 Å². The van der Waals surface area contributed by atoms with Crippen LogP contribution >= 0.6 is 0 Å². The zero-order valence-electron chi connectivity index (χ0n) is 12.4. The molecular weight excluding hydrogens is 277 g/mol. The van der Waals surface area contributed by atoms with Crippen molar-refractivity contribution in [3.63, 3.8) is 0 Å². The van der Waals surface area contributed by atoms with Crippen LogP contribution in [0.4, 0.5) is 13.2 Å². The average Bonchev–Trinajstić information content (AvgIpc) is 2.37. The smallest absolute Gasteiger partial charge is 0.416 e. The van der Waals surface area contributed by atoms with E-state index in [4.69, 9.17) is 4.74 Å². The lowest BCUT2D eigenvalue weighted by atomic mass is 9.92. The first kappa shape index (κ1) is 15.4. The number of methoxy groups -OCH3 is 1. The van der Waals surface area contributed by atoms with Crippen LogP contribution in [0.1, 0.15) is 22.3 Å². The number of halogens is 3. The summed E-state index contributed by atoms with van der Waals surface area (Å²) in [6, 6.07) is 7.81. The standard InChI is InChI=1S/C17H17F3O/c1-10-7-13(9-14(8-10)17(18,19)20)16-11(2)5-6-15(21-4)12(16)3/h5-9H,1-4H3. The molecule has 1 nitrogen and oxygen atoms in total. The highest BCUT2D eigenvalue weighted by Crippen LogP contribution is 2.37. The molecule has 2 rings (SSSR count). The molecule has 0 fully saturated rings. The van der Waals surface area contributed by atoms with Crippen molar-refractivity contribution in [1.29, 1.82) is 0 Å². The topological polar surface area (TPSA) is 9.23 Å². The summed E-state index contributed by atoms with van der Waals surface area (Å²) in [5.74, 6) is 0.672. The van der Waals surface area contributed by atoms with Gasteiger partial charge in [-0.15, -0.1) is 0 Å². The van der Waals surface area contributed by atoms with E-state index >= 15 is 0 Å². The summed E-state index contributed by atoms with van der Waals surface area (Å²) in [5, 5.41) is 0. The number of hydrogen-bond acceptors (Lipinski definition) is 1. The number of benzene rings is 2. The molecule has 0 radical (unpaired) electrons. The Morgan fingerprint density at radius 2 is 1.62 bits per heavy atom. The average molecular weight is 294 g/mol. The molecule has 0 saturated carbocycles. The second-order valence-corrected chi connectivity index (χ2v) is 5.17. The molecule has 2 aromatic rings. The predicted molar refractivity (Wildman–Crippen MR) is 77.6 cm³/mol. The van der Waals surface area contributed by atoms with E-state index in [0.29, 0.717) is 16.9 Å². The normalized spacial score (nSPS) is 11.6. The number of aryl methyl sites for hydroxylation is 2. The van der Waals surface area contributed by atoms with E-state index in [1.54, 1.807) is 20.1 Å². The van der Waals surface area contributed by atoms with Gasteiger partial charge in [-0.3, -0.25) is 0 Å². The molecular formula is C17H17F3O. The van der Waals surface area contributed by atoms with Crippen LogP contribution in [0, 0.1) is 20.8 Å². The van der Waals surface area contributed by atoms with Crippen molar-refractivity contribution in [3.05, 3.63) is 52.6 Å². The molecule has 0 heterocycles. The molecule has 2 aromatic carbocycles. The van der Waals surface area contributed by atoms with Crippen LogP contribution in [0.3, 0.4) is 0 Å². The number of rotatable bonds is 2. The highest BCUT2D eigenvalue weighted by Gasteiger charge is 2.31. The Bertz CT molecular complexity index is 672. The van der Waals surface area contributed by atoms with Crippen LogP contribution in [-0.2, 0) is 6.18 Å². The number of hydrogen-bond donors (Lipinski definition) is 0. The maximum absolute atomic E-state index is 13.0. The summed E-state index contributed by atoms with van der Waals surface area (Å²) >= 11 is 0. The van der Waals surface area contributed by atoms with E-state index in [1.165, 1.54) is 6.07 Å². The van der Waals surface area contributed by atoms with E-state index < -0.39 is 11.7 Å². The fourth-order valence-electron chi connectivity index (χ4n) is 2.58. The van der Waals surface area contributed by atoms with Gasteiger partial charge < -0.3 is 4.74 Å². The highest BCUT2D eigenvalue weighted by atomic mass is 19.4. The number of ether oxygens (including phenoxy) is 1. The largest absolute Gasteiger partial charge is 0.496 e. The second-order valence-electron chi connectivity index (χ2n) is 5.17. The van der Waals surface area contributed by atoms with Crippen LogP contribution in [0.25, 0.3) is 11.1 Å². The predicted octanol–water partition coefficient (Wildman–Crippen LogP) is 5.31. The van der Waals surface area contributed by atoms with Crippen LogP contribution in [0.15, 0.2) is 30.3 Å². The van der Waals surface area contributed by atoms with Gasteiger partial charge in [0.1, 0.15) is 5.75 Å². The minimum Gasteiger partial charge on any atom is -0.496 e. The van der Waals surface area contributed by atoms with Gasteiger partial charge in [0.15, 0.2) is 0 Å². The fourth-order valence-corrected chi connectivity index (χ4v) is 2.58. The van der Waals surface area contributed by atoms with Crippen molar-refractivity contribution in [2.45, 2.75) is 26.9 Å². The van der Waals surface area contributed by atoms with Gasteiger partial charge in [-0.1, -0.05) is 12.1 Å².